The van der Waals surface area contributed by atoms with Gasteiger partial charge in [0.15, 0.2) is 0 Å². The highest BCUT2D eigenvalue weighted by Gasteiger charge is 2.07. The third-order valence-corrected chi connectivity index (χ3v) is 2.20. The topological polar surface area (TPSA) is 61.7 Å². The maximum Gasteiger partial charge on any atom is 0.0951 e. The highest BCUT2D eigenvalue weighted by Crippen LogP contribution is 2.17. The van der Waals surface area contributed by atoms with Crippen LogP contribution in [0.2, 0.25) is 0 Å². The van der Waals surface area contributed by atoms with Gasteiger partial charge in [0, 0.05) is 31.4 Å². The van der Waals surface area contributed by atoms with Gasteiger partial charge in [-0.1, -0.05) is 0 Å². The van der Waals surface area contributed by atoms with Gasteiger partial charge in [0.2, 0.25) is 0 Å². The SMILES string of the molecule is CC(N)Cn1cncc1-c1cnn(C)c1. The molecule has 15 heavy (non-hydrogen) atoms. The molecule has 0 saturated carbocycles. The molecule has 0 radical (unpaired) electrons. The standard InChI is InChI=1S/C10H15N5/c1-8(11)5-15-7-12-4-10(15)9-3-13-14(2)6-9/h3-4,6-8H,5,11H2,1-2H3. The van der Waals surface area contributed by atoms with Crippen molar-refractivity contribution in [1.82, 2.24) is 19.3 Å². The summed E-state index contributed by atoms with van der Waals surface area (Å²) in [6, 6.07) is 0.120. The quantitative estimate of drug-likeness (QED) is 0.799. The zero-order valence-corrected chi connectivity index (χ0v) is 8.96. The van der Waals surface area contributed by atoms with Crippen molar-refractivity contribution in [3.05, 3.63) is 24.9 Å². The smallest absolute Gasteiger partial charge is 0.0951 e. The van der Waals surface area contributed by atoms with E-state index in [4.69, 9.17) is 5.73 Å². The summed E-state index contributed by atoms with van der Waals surface area (Å²) in [5.41, 5.74) is 7.89. The van der Waals surface area contributed by atoms with E-state index in [1.165, 1.54) is 0 Å². The molecule has 1 atom stereocenters. The lowest BCUT2D eigenvalue weighted by Crippen LogP contribution is -2.22. The molecule has 0 amide bonds. The largest absolute Gasteiger partial charge is 0.329 e. The van der Waals surface area contributed by atoms with E-state index in [1.54, 1.807) is 11.0 Å². The predicted molar refractivity (Wildman–Crippen MR) is 58.1 cm³/mol. The van der Waals surface area contributed by atoms with Gasteiger partial charge in [-0.2, -0.15) is 5.10 Å². The van der Waals surface area contributed by atoms with Gasteiger partial charge in [0.1, 0.15) is 0 Å². The van der Waals surface area contributed by atoms with Crippen LogP contribution in [0.3, 0.4) is 0 Å². The normalized spacial score (nSPS) is 13.0. The number of imidazole rings is 1. The van der Waals surface area contributed by atoms with Crippen molar-refractivity contribution in [2.45, 2.75) is 19.5 Å². The van der Waals surface area contributed by atoms with Crippen LogP contribution in [0.5, 0.6) is 0 Å². The summed E-state index contributed by atoms with van der Waals surface area (Å²) in [6.45, 7) is 2.75. The Bertz CT molecular complexity index is 440. The monoisotopic (exact) mass is 205 g/mol. The molecule has 2 aromatic heterocycles. The van der Waals surface area contributed by atoms with E-state index in [2.05, 4.69) is 10.1 Å². The molecule has 0 aliphatic rings. The minimum Gasteiger partial charge on any atom is -0.329 e. The van der Waals surface area contributed by atoms with Gasteiger partial charge in [0.05, 0.1) is 24.4 Å². The lowest BCUT2D eigenvalue weighted by molar-refractivity contribution is 0.593. The number of nitrogens with two attached hydrogens (primary N) is 1. The van der Waals surface area contributed by atoms with Crippen molar-refractivity contribution in [3.8, 4) is 11.3 Å². The van der Waals surface area contributed by atoms with E-state index in [0.717, 1.165) is 17.8 Å². The Morgan fingerprint density at radius 3 is 2.87 bits per heavy atom. The summed E-state index contributed by atoms with van der Waals surface area (Å²) in [7, 11) is 1.90. The first-order chi connectivity index (χ1) is 7.16. The molecule has 5 nitrogen and oxygen atoms in total. The Morgan fingerprint density at radius 2 is 2.27 bits per heavy atom. The molecule has 80 valence electrons. The molecule has 0 bridgehead atoms. The fourth-order valence-electron chi connectivity index (χ4n) is 1.57. The average molecular weight is 205 g/mol. The minimum atomic E-state index is 0.120. The number of nitrogens with zero attached hydrogens (tertiary/aromatic N) is 4. The summed E-state index contributed by atoms with van der Waals surface area (Å²) in [6.07, 6.45) is 7.43. The average Bonchev–Trinajstić information content (AvgIpc) is 2.72. The van der Waals surface area contributed by atoms with Gasteiger partial charge in [0.25, 0.3) is 0 Å². The molecule has 0 aliphatic carbocycles. The van der Waals surface area contributed by atoms with Crippen LogP contribution in [0.15, 0.2) is 24.9 Å². The molecule has 0 spiro atoms. The second kappa shape index (κ2) is 3.86. The van der Waals surface area contributed by atoms with Crippen molar-refractivity contribution in [1.29, 1.82) is 0 Å². The van der Waals surface area contributed by atoms with E-state index in [1.807, 2.05) is 37.1 Å². The third-order valence-electron chi connectivity index (χ3n) is 2.20. The second-order valence-corrected chi connectivity index (χ2v) is 3.81. The Morgan fingerprint density at radius 1 is 1.47 bits per heavy atom. The first kappa shape index (κ1) is 9.92. The van der Waals surface area contributed by atoms with Crippen molar-refractivity contribution >= 4 is 0 Å². The summed E-state index contributed by atoms with van der Waals surface area (Å²) in [5.74, 6) is 0. The summed E-state index contributed by atoms with van der Waals surface area (Å²) in [5, 5.41) is 4.14. The number of hydrogen-bond acceptors (Lipinski definition) is 3. The maximum atomic E-state index is 5.77. The first-order valence-corrected chi connectivity index (χ1v) is 4.91. The summed E-state index contributed by atoms with van der Waals surface area (Å²) >= 11 is 0. The Labute approximate surface area is 88.5 Å². The molecule has 0 saturated heterocycles. The van der Waals surface area contributed by atoms with Crippen LogP contribution in [0.25, 0.3) is 11.3 Å². The Hall–Kier alpha value is -1.62. The summed E-state index contributed by atoms with van der Waals surface area (Å²) < 4.78 is 3.82. The van der Waals surface area contributed by atoms with Crippen LogP contribution >= 0.6 is 0 Å². The fourth-order valence-corrected chi connectivity index (χ4v) is 1.57. The van der Waals surface area contributed by atoms with Gasteiger partial charge in [-0.3, -0.25) is 4.68 Å². The minimum absolute atomic E-state index is 0.120. The molecule has 2 heterocycles. The van der Waals surface area contributed by atoms with Gasteiger partial charge in [-0.05, 0) is 6.92 Å². The predicted octanol–water partition coefficient (Wildman–Crippen LogP) is 0.631. The van der Waals surface area contributed by atoms with Crippen molar-refractivity contribution in [2.75, 3.05) is 0 Å². The molecule has 0 aliphatic heterocycles. The van der Waals surface area contributed by atoms with Crippen LogP contribution < -0.4 is 5.73 Å². The third kappa shape index (κ3) is 2.07. The molecular weight excluding hydrogens is 190 g/mol. The van der Waals surface area contributed by atoms with Crippen molar-refractivity contribution < 1.29 is 0 Å². The van der Waals surface area contributed by atoms with Gasteiger partial charge >= 0.3 is 0 Å². The number of aryl methyl sites for hydroxylation is 1. The van der Waals surface area contributed by atoms with E-state index in [-0.39, 0.29) is 6.04 Å². The highest BCUT2D eigenvalue weighted by molar-refractivity contribution is 5.56. The maximum absolute atomic E-state index is 5.77. The van der Waals surface area contributed by atoms with Gasteiger partial charge in [-0.25, -0.2) is 4.98 Å². The van der Waals surface area contributed by atoms with Gasteiger partial charge < -0.3 is 10.3 Å². The van der Waals surface area contributed by atoms with E-state index in [9.17, 15) is 0 Å². The molecule has 2 aromatic rings. The zero-order valence-electron chi connectivity index (χ0n) is 8.96. The van der Waals surface area contributed by atoms with Crippen molar-refractivity contribution in [2.24, 2.45) is 12.8 Å². The Kier molecular flexibility index (Phi) is 2.55. The van der Waals surface area contributed by atoms with Crippen LogP contribution in [-0.4, -0.2) is 25.4 Å². The van der Waals surface area contributed by atoms with Crippen LogP contribution in [-0.2, 0) is 13.6 Å². The zero-order chi connectivity index (χ0) is 10.8. The molecule has 5 heteroatoms. The number of hydrogen-bond donors (Lipinski definition) is 1. The van der Waals surface area contributed by atoms with E-state index >= 15 is 0 Å². The van der Waals surface area contributed by atoms with Crippen molar-refractivity contribution in [3.63, 3.8) is 0 Å². The van der Waals surface area contributed by atoms with Crippen LogP contribution in [0.4, 0.5) is 0 Å². The van der Waals surface area contributed by atoms with E-state index < -0.39 is 0 Å². The van der Waals surface area contributed by atoms with Crippen LogP contribution in [0, 0.1) is 0 Å². The number of rotatable bonds is 3. The fraction of sp³-hybridized carbons (Fsp3) is 0.400. The number of aromatic nitrogens is 4. The molecule has 0 aromatic carbocycles. The van der Waals surface area contributed by atoms with Crippen LogP contribution in [0.1, 0.15) is 6.92 Å². The molecule has 1 unspecified atom stereocenters. The lowest BCUT2D eigenvalue weighted by Gasteiger charge is -2.08. The lowest BCUT2D eigenvalue weighted by atomic mass is 10.2. The first-order valence-electron chi connectivity index (χ1n) is 4.91. The Balaban J connectivity index is 2.32. The molecule has 2 rings (SSSR count). The summed E-state index contributed by atoms with van der Waals surface area (Å²) in [4.78, 5) is 4.13. The van der Waals surface area contributed by atoms with E-state index in [0.29, 0.717) is 0 Å². The molecule has 0 fully saturated rings. The van der Waals surface area contributed by atoms with Gasteiger partial charge in [-0.15, -0.1) is 0 Å². The molecular formula is C10H15N5. The second-order valence-electron chi connectivity index (χ2n) is 3.81. The highest BCUT2D eigenvalue weighted by atomic mass is 15.2. The molecule has 2 N–H and O–H groups in total.